The fraction of sp³-hybridized carbons (Fsp3) is 0.417. The molecule has 1 fully saturated rings. The zero-order chi connectivity index (χ0) is 9.97. The summed E-state index contributed by atoms with van der Waals surface area (Å²) >= 11 is 0. The second-order valence-electron chi connectivity index (χ2n) is 3.74. The van der Waals surface area contributed by atoms with Crippen molar-refractivity contribution in [3.8, 4) is 0 Å². The highest BCUT2D eigenvalue weighted by atomic mass is 16.2. The first-order valence-electron chi connectivity index (χ1n) is 5.19. The van der Waals surface area contributed by atoms with Crippen LogP contribution >= 0.6 is 0 Å². The molecule has 0 bridgehead atoms. The van der Waals surface area contributed by atoms with Crippen LogP contribution in [0.2, 0.25) is 0 Å². The summed E-state index contributed by atoms with van der Waals surface area (Å²) in [4.78, 5) is 13.5. The number of carbonyl (C=O) groups is 1. The highest BCUT2D eigenvalue weighted by Gasteiger charge is 2.24. The lowest BCUT2D eigenvalue weighted by Crippen LogP contribution is -2.10. The Hall–Kier alpha value is -1.31. The molecule has 0 aromatic heterocycles. The topological polar surface area (TPSA) is 20.1 Å². The number of hydrogen-bond acceptors (Lipinski definition) is 1. The maximum Gasteiger partial charge on any atom is 0.253 e. The quantitative estimate of drug-likeness (QED) is 0.667. The third-order valence-electron chi connectivity index (χ3n) is 2.45. The van der Waals surface area contributed by atoms with Crippen molar-refractivity contribution < 1.29 is 4.79 Å². The fourth-order valence-corrected chi connectivity index (χ4v) is 1.58. The number of hydrogen-bond donors (Lipinski definition) is 0. The van der Waals surface area contributed by atoms with Crippen molar-refractivity contribution in [3.05, 3.63) is 35.4 Å². The van der Waals surface area contributed by atoms with E-state index in [9.17, 15) is 4.79 Å². The zero-order valence-corrected chi connectivity index (χ0v) is 8.49. The van der Waals surface area contributed by atoms with E-state index in [-0.39, 0.29) is 5.91 Å². The SMILES string of the molecule is CCCc1cccc(C(=O)N2CC2)c1. The molecule has 0 radical (unpaired) electrons. The summed E-state index contributed by atoms with van der Waals surface area (Å²) in [5, 5.41) is 0. The van der Waals surface area contributed by atoms with Crippen LogP contribution < -0.4 is 0 Å². The normalized spacial score (nSPS) is 14.2. The summed E-state index contributed by atoms with van der Waals surface area (Å²) in [6, 6.07) is 7.98. The summed E-state index contributed by atoms with van der Waals surface area (Å²) in [6.07, 6.45) is 2.18. The van der Waals surface area contributed by atoms with Crippen LogP contribution in [0.25, 0.3) is 0 Å². The number of carbonyl (C=O) groups excluding carboxylic acids is 1. The Labute approximate surface area is 84.5 Å². The van der Waals surface area contributed by atoms with E-state index in [0.717, 1.165) is 31.5 Å². The van der Waals surface area contributed by atoms with E-state index in [1.165, 1.54) is 5.56 Å². The Bertz CT molecular complexity index is 342. The number of aryl methyl sites for hydroxylation is 1. The second-order valence-corrected chi connectivity index (χ2v) is 3.74. The summed E-state index contributed by atoms with van der Waals surface area (Å²) in [7, 11) is 0. The number of benzene rings is 1. The van der Waals surface area contributed by atoms with Gasteiger partial charge in [-0.25, -0.2) is 0 Å². The first-order valence-corrected chi connectivity index (χ1v) is 5.19. The molecule has 1 aliphatic rings. The highest BCUT2D eigenvalue weighted by Crippen LogP contribution is 2.14. The van der Waals surface area contributed by atoms with Crippen molar-refractivity contribution in [1.82, 2.24) is 4.90 Å². The minimum absolute atomic E-state index is 0.183. The molecule has 14 heavy (non-hydrogen) atoms. The van der Waals surface area contributed by atoms with Crippen LogP contribution in [0, 0.1) is 0 Å². The van der Waals surface area contributed by atoms with E-state index < -0.39 is 0 Å². The Morgan fingerprint density at radius 2 is 2.21 bits per heavy atom. The number of rotatable bonds is 3. The molecule has 1 heterocycles. The predicted octanol–water partition coefficient (Wildman–Crippen LogP) is 2.09. The Kier molecular flexibility index (Phi) is 2.53. The van der Waals surface area contributed by atoms with Gasteiger partial charge in [-0.3, -0.25) is 4.79 Å². The molecule has 0 N–H and O–H groups in total. The molecule has 1 aliphatic heterocycles. The lowest BCUT2D eigenvalue weighted by molar-refractivity contribution is 0.0885. The van der Waals surface area contributed by atoms with Crippen LogP contribution in [-0.4, -0.2) is 23.9 Å². The third kappa shape index (κ3) is 1.95. The molecule has 1 amide bonds. The first kappa shape index (κ1) is 9.25. The van der Waals surface area contributed by atoms with Crippen LogP contribution in [0.3, 0.4) is 0 Å². The van der Waals surface area contributed by atoms with Crippen molar-refractivity contribution in [2.24, 2.45) is 0 Å². The van der Waals surface area contributed by atoms with Gasteiger partial charge in [-0.15, -0.1) is 0 Å². The molecule has 2 heteroatoms. The van der Waals surface area contributed by atoms with Gasteiger partial charge >= 0.3 is 0 Å². The van der Waals surface area contributed by atoms with E-state index in [1.807, 2.05) is 23.1 Å². The molecule has 1 aromatic carbocycles. The largest absolute Gasteiger partial charge is 0.335 e. The number of nitrogens with zero attached hydrogens (tertiary/aromatic N) is 1. The summed E-state index contributed by atoms with van der Waals surface area (Å²) in [6.45, 7) is 4.01. The van der Waals surface area contributed by atoms with Gasteiger partial charge in [0.25, 0.3) is 5.91 Å². The van der Waals surface area contributed by atoms with Gasteiger partial charge in [0.05, 0.1) is 0 Å². The van der Waals surface area contributed by atoms with Gasteiger partial charge in [-0.05, 0) is 24.1 Å². The summed E-state index contributed by atoms with van der Waals surface area (Å²) in [5.41, 5.74) is 2.11. The highest BCUT2D eigenvalue weighted by molar-refractivity contribution is 5.95. The van der Waals surface area contributed by atoms with Crippen molar-refractivity contribution >= 4 is 5.91 Å². The maximum atomic E-state index is 11.7. The predicted molar refractivity (Wildman–Crippen MR) is 56.3 cm³/mol. The van der Waals surface area contributed by atoms with E-state index in [1.54, 1.807) is 0 Å². The van der Waals surface area contributed by atoms with Crippen LogP contribution in [0.5, 0.6) is 0 Å². The molecule has 74 valence electrons. The van der Waals surface area contributed by atoms with Crippen LogP contribution in [0.4, 0.5) is 0 Å². The van der Waals surface area contributed by atoms with Gasteiger partial charge in [-0.1, -0.05) is 25.5 Å². The van der Waals surface area contributed by atoms with Crippen molar-refractivity contribution in [2.45, 2.75) is 19.8 Å². The maximum absolute atomic E-state index is 11.7. The van der Waals surface area contributed by atoms with Crippen molar-refractivity contribution in [3.63, 3.8) is 0 Å². The smallest absolute Gasteiger partial charge is 0.253 e. The van der Waals surface area contributed by atoms with Crippen LogP contribution in [0.15, 0.2) is 24.3 Å². The van der Waals surface area contributed by atoms with Crippen molar-refractivity contribution in [2.75, 3.05) is 13.1 Å². The van der Waals surface area contributed by atoms with E-state index in [0.29, 0.717) is 0 Å². The molecular weight excluding hydrogens is 174 g/mol. The van der Waals surface area contributed by atoms with E-state index in [2.05, 4.69) is 13.0 Å². The lowest BCUT2D eigenvalue weighted by atomic mass is 10.1. The zero-order valence-electron chi connectivity index (χ0n) is 8.49. The standard InChI is InChI=1S/C12H15NO/c1-2-4-10-5-3-6-11(9-10)12(14)13-7-8-13/h3,5-6,9H,2,4,7-8H2,1H3. The van der Waals surface area contributed by atoms with Gasteiger partial charge in [0, 0.05) is 18.7 Å². The lowest BCUT2D eigenvalue weighted by Gasteiger charge is -2.04. The molecule has 0 aliphatic carbocycles. The van der Waals surface area contributed by atoms with Gasteiger partial charge < -0.3 is 4.90 Å². The minimum atomic E-state index is 0.183. The summed E-state index contributed by atoms with van der Waals surface area (Å²) in [5.74, 6) is 0.183. The van der Waals surface area contributed by atoms with Gasteiger partial charge in [0.15, 0.2) is 0 Å². The first-order chi connectivity index (χ1) is 6.81. The molecule has 0 atom stereocenters. The molecule has 1 saturated heterocycles. The fourth-order valence-electron chi connectivity index (χ4n) is 1.58. The number of amides is 1. The molecule has 2 rings (SSSR count). The van der Waals surface area contributed by atoms with E-state index >= 15 is 0 Å². The molecule has 0 spiro atoms. The van der Waals surface area contributed by atoms with Crippen LogP contribution in [-0.2, 0) is 6.42 Å². The molecule has 1 aromatic rings. The van der Waals surface area contributed by atoms with Gasteiger partial charge in [0.2, 0.25) is 0 Å². The second kappa shape index (κ2) is 3.82. The molecule has 0 saturated carbocycles. The average molecular weight is 189 g/mol. The van der Waals surface area contributed by atoms with Crippen LogP contribution in [0.1, 0.15) is 29.3 Å². The summed E-state index contributed by atoms with van der Waals surface area (Å²) < 4.78 is 0. The monoisotopic (exact) mass is 189 g/mol. The Morgan fingerprint density at radius 1 is 1.43 bits per heavy atom. The molecule has 0 unspecified atom stereocenters. The van der Waals surface area contributed by atoms with Crippen molar-refractivity contribution in [1.29, 1.82) is 0 Å². The minimum Gasteiger partial charge on any atom is -0.335 e. The molecule has 2 nitrogen and oxygen atoms in total. The van der Waals surface area contributed by atoms with Gasteiger partial charge in [-0.2, -0.15) is 0 Å². The van der Waals surface area contributed by atoms with E-state index in [4.69, 9.17) is 0 Å². The average Bonchev–Trinajstić information content (AvgIpc) is 3.01. The Morgan fingerprint density at radius 3 is 2.86 bits per heavy atom. The third-order valence-corrected chi connectivity index (χ3v) is 2.45. The molecular formula is C12H15NO. The van der Waals surface area contributed by atoms with Gasteiger partial charge in [0.1, 0.15) is 0 Å². The Balaban J connectivity index is 2.16.